The molecule has 1 fully saturated rings. The van der Waals surface area contributed by atoms with E-state index in [1.807, 2.05) is 12.1 Å². The van der Waals surface area contributed by atoms with E-state index in [0.717, 1.165) is 24.1 Å². The molecule has 0 amide bonds. The first-order chi connectivity index (χ1) is 13.4. The lowest BCUT2D eigenvalue weighted by Crippen LogP contribution is -2.42. The van der Waals surface area contributed by atoms with E-state index < -0.39 is 5.60 Å². The van der Waals surface area contributed by atoms with Crippen molar-refractivity contribution in [3.05, 3.63) is 53.0 Å². The summed E-state index contributed by atoms with van der Waals surface area (Å²) in [5, 5.41) is 22.5. The Kier molecular flexibility index (Phi) is 4.84. The molecule has 0 aliphatic heterocycles. The predicted molar refractivity (Wildman–Crippen MR) is 107 cm³/mol. The first kappa shape index (κ1) is 18.9. The van der Waals surface area contributed by atoms with Crippen molar-refractivity contribution < 1.29 is 9.50 Å². The quantitative estimate of drug-likeness (QED) is 0.654. The number of hydrogen-bond acceptors (Lipinski definition) is 7. The van der Waals surface area contributed by atoms with Crippen LogP contribution >= 0.6 is 11.3 Å². The molecule has 3 aromatic heterocycles. The van der Waals surface area contributed by atoms with Crippen molar-refractivity contribution >= 4 is 17.2 Å². The van der Waals surface area contributed by atoms with Gasteiger partial charge in [-0.3, -0.25) is 4.98 Å². The summed E-state index contributed by atoms with van der Waals surface area (Å²) in [5.74, 6) is 0.377. The van der Waals surface area contributed by atoms with Gasteiger partial charge < -0.3 is 10.4 Å². The highest BCUT2D eigenvalue weighted by Crippen LogP contribution is 2.43. The Balaban J connectivity index is 1.46. The number of aliphatic hydroxyl groups is 1. The van der Waals surface area contributed by atoms with Gasteiger partial charge in [0.25, 0.3) is 0 Å². The van der Waals surface area contributed by atoms with Crippen molar-refractivity contribution in [3.8, 4) is 10.7 Å². The minimum atomic E-state index is -0.928. The van der Waals surface area contributed by atoms with Gasteiger partial charge in [-0.05, 0) is 51.0 Å². The summed E-state index contributed by atoms with van der Waals surface area (Å²) in [5.41, 5.74) is -0.0360. The number of aromatic nitrogens is 4. The van der Waals surface area contributed by atoms with Crippen LogP contribution in [0.5, 0.6) is 0 Å². The first-order valence-corrected chi connectivity index (χ1v) is 10.1. The predicted octanol–water partition coefficient (Wildman–Crippen LogP) is 3.90. The van der Waals surface area contributed by atoms with E-state index in [2.05, 4.69) is 25.5 Å². The number of thiazole rings is 1. The van der Waals surface area contributed by atoms with Crippen LogP contribution in [0, 0.1) is 5.82 Å². The highest BCUT2D eigenvalue weighted by molar-refractivity contribution is 7.15. The molecule has 4 rings (SSSR count). The van der Waals surface area contributed by atoms with E-state index in [0.29, 0.717) is 28.8 Å². The molecule has 3 aromatic rings. The zero-order valence-corrected chi connectivity index (χ0v) is 16.6. The van der Waals surface area contributed by atoms with Crippen molar-refractivity contribution in [2.45, 2.75) is 44.1 Å². The lowest BCUT2D eigenvalue weighted by molar-refractivity contribution is 0.0823. The number of anilines is 1. The van der Waals surface area contributed by atoms with E-state index in [1.165, 1.54) is 17.4 Å². The summed E-state index contributed by atoms with van der Waals surface area (Å²) in [6, 6.07) is 6.77. The van der Waals surface area contributed by atoms with Gasteiger partial charge in [-0.15, -0.1) is 21.5 Å². The number of hydrogen-bond donors (Lipinski definition) is 2. The van der Waals surface area contributed by atoms with E-state index in [4.69, 9.17) is 0 Å². The molecule has 146 valence electrons. The largest absolute Gasteiger partial charge is 0.385 e. The lowest BCUT2D eigenvalue weighted by Gasteiger charge is -2.41. The Morgan fingerprint density at radius 3 is 2.61 bits per heavy atom. The molecule has 28 heavy (non-hydrogen) atoms. The highest BCUT2D eigenvalue weighted by atomic mass is 32.1. The van der Waals surface area contributed by atoms with Gasteiger partial charge in [0.05, 0.1) is 16.2 Å². The van der Waals surface area contributed by atoms with Gasteiger partial charge >= 0.3 is 0 Å². The fourth-order valence-electron chi connectivity index (χ4n) is 3.35. The molecule has 2 N–H and O–H groups in total. The molecule has 0 saturated heterocycles. The van der Waals surface area contributed by atoms with Gasteiger partial charge in [0, 0.05) is 24.4 Å². The fraction of sp³-hybridized carbons (Fsp3) is 0.400. The van der Waals surface area contributed by atoms with Crippen LogP contribution in [0.3, 0.4) is 0 Å². The zero-order valence-electron chi connectivity index (χ0n) is 15.8. The fourth-order valence-corrected chi connectivity index (χ4v) is 4.23. The average Bonchev–Trinajstić information content (AvgIpc) is 3.13. The lowest BCUT2D eigenvalue weighted by atomic mass is 9.66. The van der Waals surface area contributed by atoms with Crippen molar-refractivity contribution in [1.82, 2.24) is 20.2 Å². The molecule has 3 heterocycles. The molecule has 8 heteroatoms. The number of halogens is 1. The summed E-state index contributed by atoms with van der Waals surface area (Å²) in [6.07, 6.45) is 6.17. The molecular weight excluding hydrogens is 377 g/mol. The Morgan fingerprint density at radius 1 is 1.21 bits per heavy atom. The highest BCUT2D eigenvalue weighted by Gasteiger charge is 2.41. The number of nitrogens with zero attached hydrogens (tertiary/aromatic N) is 4. The molecule has 0 aromatic carbocycles. The second kappa shape index (κ2) is 7.18. The number of pyridine rings is 1. The molecule has 1 aliphatic rings. The van der Waals surface area contributed by atoms with Crippen molar-refractivity contribution in [1.29, 1.82) is 0 Å². The summed E-state index contributed by atoms with van der Waals surface area (Å²) in [4.78, 5) is 9.38. The van der Waals surface area contributed by atoms with Crippen LogP contribution < -0.4 is 5.32 Å². The van der Waals surface area contributed by atoms with Gasteiger partial charge in [-0.2, -0.15) is 0 Å². The summed E-state index contributed by atoms with van der Waals surface area (Å²) in [7, 11) is 0. The van der Waals surface area contributed by atoms with E-state index in [1.54, 1.807) is 32.3 Å². The van der Waals surface area contributed by atoms with Crippen molar-refractivity contribution in [3.63, 3.8) is 0 Å². The monoisotopic (exact) mass is 399 g/mol. The van der Waals surface area contributed by atoms with Crippen LogP contribution in [0.2, 0.25) is 0 Å². The van der Waals surface area contributed by atoms with Crippen LogP contribution in [0.15, 0.2) is 36.7 Å². The molecule has 0 radical (unpaired) electrons. The molecular formula is C20H22FN5OS. The molecule has 0 spiro atoms. The van der Waals surface area contributed by atoms with Crippen LogP contribution in [0.4, 0.5) is 10.2 Å². The third-order valence-electron chi connectivity index (χ3n) is 5.17. The van der Waals surface area contributed by atoms with Crippen molar-refractivity contribution in [2.24, 2.45) is 0 Å². The van der Waals surface area contributed by atoms with Crippen LogP contribution in [0.1, 0.15) is 43.7 Å². The molecule has 1 saturated carbocycles. The maximum Gasteiger partial charge on any atom is 0.148 e. The molecule has 0 bridgehead atoms. The average molecular weight is 399 g/mol. The molecule has 0 unspecified atom stereocenters. The van der Waals surface area contributed by atoms with E-state index in [9.17, 15) is 9.50 Å². The Labute approximate surface area is 166 Å². The minimum absolute atomic E-state index is 0.253. The molecule has 6 nitrogen and oxygen atoms in total. The number of nitrogens with one attached hydrogen (secondary N) is 1. The minimum Gasteiger partial charge on any atom is -0.385 e. The summed E-state index contributed by atoms with van der Waals surface area (Å²) in [6.45, 7) is 4.02. The Bertz CT molecular complexity index is 963. The molecule has 0 atom stereocenters. The molecule has 1 aliphatic carbocycles. The second-order valence-corrected chi connectivity index (χ2v) is 8.74. The number of rotatable bonds is 6. The van der Waals surface area contributed by atoms with Crippen molar-refractivity contribution in [2.75, 3.05) is 11.9 Å². The Hall–Kier alpha value is -2.45. The third-order valence-corrected chi connectivity index (χ3v) is 6.50. The van der Waals surface area contributed by atoms with E-state index in [-0.39, 0.29) is 11.2 Å². The third kappa shape index (κ3) is 3.62. The second-order valence-electron chi connectivity index (χ2n) is 7.71. The van der Waals surface area contributed by atoms with Gasteiger partial charge in [0.2, 0.25) is 0 Å². The standard InChI is InChI=1S/C20H22FN5OS/c1-19(2,27)15-11-23-18(28-15)14-6-7-16(26-25-14)24-12-20(8-4-9-20)17-13(21)5-3-10-22-17/h3,5-7,10-11,27H,4,8-9,12H2,1-2H3,(H,24,26). The van der Waals surface area contributed by atoms with Gasteiger partial charge in [0.1, 0.15) is 22.3 Å². The Morgan fingerprint density at radius 2 is 2.04 bits per heavy atom. The van der Waals surface area contributed by atoms with Gasteiger partial charge in [0.15, 0.2) is 0 Å². The van der Waals surface area contributed by atoms with E-state index >= 15 is 0 Å². The van der Waals surface area contributed by atoms with Crippen LogP contribution in [-0.4, -0.2) is 31.8 Å². The smallest absolute Gasteiger partial charge is 0.148 e. The summed E-state index contributed by atoms with van der Waals surface area (Å²) < 4.78 is 14.2. The normalized spacial score (nSPS) is 15.9. The first-order valence-electron chi connectivity index (χ1n) is 9.25. The van der Waals surface area contributed by atoms with Crippen LogP contribution in [0.25, 0.3) is 10.7 Å². The SMILES string of the molecule is CC(C)(O)c1cnc(-c2ccc(NCC3(c4ncccc4F)CCC3)nn2)s1. The van der Waals surface area contributed by atoms with Gasteiger partial charge in [-0.25, -0.2) is 9.37 Å². The topological polar surface area (TPSA) is 83.8 Å². The maximum atomic E-state index is 14.2. The summed E-state index contributed by atoms with van der Waals surface area (Å²) >= 11 is 1.39. The van der Waals surface area contributed by atoms with Gasteiger partial charge in [-0.1, -0.05) is 6.42 Å². The maximum absolute atomic E-state index is 14.2. The zero-order chi connectivity index (χ0) is 19.8. The van der Waals surface area contributed by atoms with Crippen LogP contribution in [-0.2, 0) is 11.0 Å².